The molecule has 3 aliphatic heterocycles. The van der Waals surface area contributed by atoms with Gasteiger partial charge in [-0.15, -0.1) is 11.8 Å². The molecule has 3 saturated heterocycles. The van der Waals surface area contributed by atoms with Crippen LogP contribution in [0.2, 0.25) is 0 Å². The maximum absolute atomic E-state index is 15.0. The van der Waals surface area contributed by atoms with E-state index in [2.05, 4.69) is 47.1 Å². The first-order valence-electron chi connectivity index (χ1n) is 24.7. The molecule has 4 heterocycles. The number of carbonyl (C=O) groups is 9. The lowest BCUT2D eigenvalue weighted by Crippen LogP contribution is -2.64. The Morgan fingerprint density at radius 3 is 2.25 bits per heavy atom. The number of aromatic amines is 1. The number of aliphatic imine (C=N–C) groups is 1. The van der Waals surface area contributed by atoms with E-state index in [9.17, 15) is 53.7 Å². The van der Waals surface area contributed by atoms with E-state index in [0.29, 0.717) is 23.2 Å². The van der Waals surface area contributed by atoms with Gasteiger partial charge >= 0.3 is 11.9 Å². The highest BCUT2D eigenvalue weighted by Gasteiger charge is 2.59. The number of hydrogen-bond acceptors (Lipinski definition) is 15. The molecule has 1 aromatic heterocycles. The van der Waals surface area contributed by atoms with E-state index < -0.39 is 119 Å². The van der Waals surface area contributed by atoms with E-state index in [1.54, 1.807) is 56.3 Å². The minimum atomic E-state index is -1.71. The number of nitrogens with zero attached hydrogens (tertiary/aromatic N) is 4. The number of rotatable bonds is 26. The minimum absolute atomic E-state index is 0.00252. The number of hydrogen-bond donors (Lipinski definition) is 13. The quantitative estimate of drug-likeness (QED) is 0.0174. The van der Waals surface area contributed by atoms with Gasteiger partial charge in [-0.05, 0) is 54.9 Å². The Kier molecular flexibility index (Phi) is 19.8. The van der Waals surface area contributed by atoms with Crippen LogP contribution >= 0.6 is 11.8 Å². The van der Waals surface area contributed by atoms with E-state index in [1.807, 2.05) is 0 Å². The third-order valence-corrected chi connectivity index (χ3v) is 14.6. The lowest BCUT2D eigenvalue weighted by molar-refractivity contribution is -0.145. The number of H-pyrrole nitrogens is 1. The van der Waals surface area contributed by atoms with Crippen LogP contribution in [-0.2, 0) is 62.4 Å². The Labute approximate surface area is 441 Å². The van der Waals surface area contributed by atoms with E-state index in [-0.39, 0.29) is 75.5 Å². The highest BCUT2D eigenvalue weighted by molar-refractivity contribution is 8.00. The summed E-state index contributed by atoms with van der Waals surface area (Å²) in [7, 11) is 0. The topological polar surface area (TPSA) is 412 Å². The summed E-state index contributed by atoms with van der Waals surface area (Å²) in [4.78, 5) is 136. The van der Waals surface area contributed by atoms with Crippen molar-refractivity contribution in [2.24, 2.45) is 28.1 Å². The van der Waals surface area contributed by atoms with Crippen molar-refractivity contribution in [1.29, 1.82) is 0 Å². The SMILES string of the molecule is CC(C)[C@H](NC(=O)[C@H](CCCN=C(N)N)NC(=O)[C@@H](N)CC(=O)O)C(=O)N[C@]1(Cc2ccc(O)cc2)C[C@H]2SC[C@@H](C(=O)NN[C@@H](Cc3cnc[nH]3)C(=O)N3CCC[C@H]3C(=O)N[C@@H](Cc3ccccc3)C(=O)O)N2C1=O. The second-order valence-corrected chi connectivity index (χ2v) is 20.5. The number of thioether (sulfide) groups is 1. The van der Waals surface area contributed by atoms with Gasteiger partial charge in [0.1, 0.15) is 47.5 Å². The lowest BCUT2D eigenvalue weighted by Gasteiger charge is -2.34. The van der Waals surface area contributed by atoms with Crippen LogP contribution in [0.5, 0.6) is 5.75 Å². The van der Waals surface area contributed by atoms with Crippen molar-refractivity contribution in [1.82, 2.24) is 51.9 Å². The van der Waals surface area contributed by atoms with Crippen LogP contribution in [0.25, 0.3) is 0 Å². The first kappa shape index (κ1) is 57.5. The molecule has 6 rings (SSSR count). The largest absolute Gasteiger partial charge is 0.508 e. The Balaban J connectivity index is 1.19. The van der Waals surface area contributed by atoms with E-state index in [4.69, 9.17) is 17.2 Å². The van der Waals surface area contributed by atoms with Crippen molar-refractivity contribution in [3.8, 4) is 5.75 Å². The molecule has 76 heavy (non-hydrogen) atoms. The zero-order valence-electron chi connectivity index (χ0n) is 42.0. The summed E-state index contributed by atoms with van der Waals surface area (Å²) >= 11 is 1.29. The number of nitrogens with one attached hydrogen (secondary N) is 7. The molecule has 0 radical (unpaired) electrons. The number of aromatic hydroxyl groups is 1. The van der Waals surface area contributed by atoms with Crippen molar-refractivity contribution in [3.05, 3.63) is 83.9 Å². The average Bonchev–Trinajstić information content (AvgIpc) is 4.25. The molecular weight excluding hydrogens is 1010 g/mol. The predicted molar refractivity (Wildman–Crippen MR) is 275 cm³/mol. The summed E-state index contributed by atoms with van der Waals surface area (Å²) in [6, 6.07) is 6.05. The van der Waals surface area contributed by atoms with Crippen LogP contribution in [0.15, 0.2) is 72.1 Å². The number of phenolic OH excluding ortho intramolecular Hbond substituents is 1. The van der Waals surface area contributed by atoms with Crippen molar-refractivity contribution >= 4 is 71.0 Å². The van der Waals surface area contributed by atoms with Crippen molar-refractivity contribution < 1.29 is 58.5 Å². The number of carboxylic acids is 2. The first-order chi connectivity index (χ1) is 36.2. The molecule has 3 aromatic rings. The maximum Gasteiger partial charge on any atom is 0.326 e. The number of likely N-dealkylation sites (tertiary alicyclic amines) is 1. The summed E-state index contributed by atoms with van der Waals surface area (Å²) in [5, 5.41) is 39.3. The molecule has 2 aromatic carbocycles. The number of imidazole rings is 1. The van der Waals surface area contributed by atoms with Crippen LogP contribution in [0.1, 0.15) is 69.2 Å². The number of carbonyl (C=O) groups excluding carboxylic acids is 7. The van der Waals surface area contributed by atoms with Crippen LogP contribution < -0.4 is 49.3 Å². The van der Waals surface area contributed by atoms with Crippen LogP contribution in [0.3, 0.4) is 0 Å². The van der Waals surface area contributed by atoms with Gasteiger partial charge in [-0.2, -0.15) is 0 Å². The maximum atomic E-state index is 15.0. The fraction of sp³-hybridized carbons (Fsp3) is 0.490. The van der Waals surface area contributed by atoms with Crippen LogP contribution in [0.4, 0.5) is 0 Å². The summed E-state index contributed by atoms with van der Waals surface area (Å²) < 4.78 is 0. The molecule has 0 unspecified atom stereocenters. The smallest absolute Gasteiger partial charge is 0.326 e. The normalized spacial score (nSPS) is 20.8. The third kappa shape index (κ3) is 15.0. The van der Waals surface area contributed by atoms with Crippen molar-refractivity contribution in [3.63, 3.8) is 0 Å². The van der Waals surface area contributed by atoms with E-state index >= 15 is 4.79 Å². The molecule has 0 bridgehead atoms. The van der Waals surface area contributed by atoms with Gasteiger partial charge < -0.3 is 68.6 Å². The van der Waals surface area contributed by atoms with Gasteiger partial charge in [-0.3, -0.25) is 48.8 Å². The summed E-state index contributed by atoms with van der Waals surface area (Å²) in [5.74, 6) is -8.38. The summed E-state index contributed by atoms with van der Waals surface area (Å²) in [6.07, 6.45) is 2.90. The minimum Gasteiger partial charge on any atom is -0.508 e. The molecule has 0 aliphatic carbocycles. The Morgan fingerprint density at radius 2 is 1.61 bits per heavy atom. The number of phenols is 1. The molecule has 7 amide bonds. The van der Waals surface area contributed by atoms with Crippen molar-refractivity contribution in [2.75, 3.05) is 18.8 Å². The molecule has 3 aliphatic rings. The van der Waals surface area contributed by atoms with Gasteiger partial charge in [0.25, 0.3) is 5.91 Å². The second-order valence-electron chi connectivity index (χ2n) is 19.3. The molecule has 0 spiro atoms. The standard InChI is InChI=1S/C49H66N14O12S/c1-26(2)39(58-41(68)32(10-6-16-54-48(51)52)56-40(67)31(50)20-38(65)66)44(71)59-49(21-28-12-14-30(64)15-13-28)22-37-63(47(49)75)36(24-76-37)43(70)61-60-33(19-29-23-53-25-55-29)45(72)62-17-7-11-35(62)42(69)57-34(46(73)74)18-27-8-4-3-5-9-27/h3-5,8-9,12-15,23,25-26,31-37,39,60,64H,6-7,10-11,16-22,24,50H2,1-2H3,(H,53,55)(H,56,67)(H,57,69)(H,58,68)(H,59,71)(H,61,70)(H,65,66)(H,73,74)(H4,51,52,54)/t31-,32-,33-,34-,35-,36-,37+,39-,49+/m0/s1. The Morgan fingerprint density at radius 1 is 0.882 bits per heavy atom. The van der Waals surface area contributed by atoms with Gasteiger partial charge in [-0.25, -0.2) is 15.2 Å². The van der Waals surface area contributed by atoms with Gasteiger partial charge in [-0.1, -0.05) is 56.3 Å². The summed E-state index contributed by atoms with van der Waals surface area (Å²) in [5.41, 5.74) is 22.2. The van der Waals surface area contributed by atoms with E-state index in [1.165, 1.54) is 46.2 Å². The number of nitrogens with two attached hydrogens (primary N) is 3. The molecular formula is C49H66N14O12S. The molecule has 3 fully saturated rings. The Bertz CT molecular complexity index is 2600. The zero-order chi connectivity index (χ0) is 55.3. The molecule has 26 nitrogen and oxygen atoms in total. The highest BCUT2D eigenvalue weighted by atomic mass is 32.2. The number of aromatic nitrogens is 2. The lowest BCUT2D eigenvalue weighted by atomic mass is 9.87. The average molecular weight is 1080 g/mol. The zero-order valence-corrected chi connectivity index (χ0v) is 42.8. The van der Waals surface area contributed by atoms with Gasteiger partial charge in [0.15, 0.2) is 5.96 Å². The van der Waals surface area contributed by atoms with Crippen LogP contribution in [-0.4, -0.2) is 166 Å². The van der Waals surface area contributed by atoms with Crippen molar-refractivity contribution in [2.45, 2.75) is 125 Å². The molecule has 0 saturated carbocycles. The second kappa shape index (κ2) is 26.1. The van der Waals surface area contributed by atoms with Gasteiger partial charge in [0.2, 0.25) is 35.4 Å². The van der Waals surface area contributed by atoms with Gasteiger partial charge in [0, 0.05) is 56.4 Å². The highest BCUT2D eigenvalue weighted by Crippen LogP contribution is 2.44. The first-order valence-corrected chi connectivity index (χ1v) is 25.8. The molecule has 27 heteroatoms. The number of carboxylic acid groups (broad SMARTS) is 2. The number of guanidine groups is 1. The van der Waals surface area contributed by atoms with Crippen LogP contribution in [0, 0.1) is 5.92 Å². The van der Waals surface area contributed by atoms with E-state index in [0.717, 1.165) is 0 Å². The fourth-order valence-electron chi connectivity index (χ4n) is 9.40. The predicted octanol–water partition coefficient (Wildman–Crippen LogP) is -2.30. The summed E-state index contributed by atoms with van der Waals surface area (Å²) in [6.45, 7) is 3.54. The number of aliphatic carboxylic acids is 2. The number of hydrazine groups is 1. The molecule has 9 atom stereocenters. The van der Waals surface area contributed by atoms with Gasteiger partial charge in [0.05, 0.1) is 24.2 Å². The number of fused-ring (bicyclic) bond motifs is 1. The molecule has 410 valence electrons. The Hall–Kier alpha value is -7.78. The monoisotopic (exact) mass is 1070 g/mol. The number of benzene rings is 2. The fourth-order valence-corrected chi connectivity index (χ4v) is 10.9. The molecule has 16 N–H and O–H groups in total. The number of amides is 7. The third-order valence-electron chi connectivity index (χ3n) is 13.3.